The van der Waals surface area contributed by atoms with Gasteiger partial charge in [-0.05, 0) is 62.6 Å². The van der Waals surface area contributed by atoms with Gasteiger partial charge < -0.3 is 20.1 Å². The molecule has 2 rings (SSSR count). The third-order valence-electron chi connectivity index (χ3n) is 4.57. The number of anilines is 1. The quantitative estimate of drug-likeness (QED) is 0.685. The van der Waals surface area contributed by atoms with Crippen molar-refractivity contribution in [3.8, 4) is 11.5 Å². The molecule has 6 heteroatoms. The van der Waals surface area contributed by atoms with Gasteiger partial charge in [-0.3, -0.25) is 9.59 Å². The molecule has 0 atom stereocenters. The van der Waals surface area contributed by atoms with Gasteiger partial charge in [0.05, 0.1) is 19.9 Å². The molecule has 2 N–H and O–H groups in total. The van der Waals surface area contributed by atoms with Crippen LogP contribution in [0.5, 0.6) is 11.5 Å². The van der Waals surface area contributed by atoms with Crippen LogP contribution in [0.15, 0.2) is 42.5 Å². The fourth-order valence-electron chi connectivity index (χ4n) is 2.67. The van der Waals surface area contributed by atoms with Gasteiger partial charge in [0.2, 0.25) is 11.8 Å². The van der Waals surface area contributed by atoms with Crippen molar-refractivity contribution in [2.24, 2.45) is 5.41 Å². The molecule has 0 fully saturated rings. The first-order valence-corrected chi connectivity index (χ1v) is 9.15. The van der Waals surface area contributed by atoms with Gasteiger partial charge in [-0.25, -0.2) is 0 Å². The van der Waals surface area contributed by atoms with Crippen LogP contribution in [0.3, 0.4) is 0 Å². The summed E-state index contributed by atoms with van der Waals surface area (Å²) in [5, 5.41) is 5.65. The Labute approximate surface area is 166 Å². The van der Waals surface area contributed by atoms with Crippen molar-refractivity contribution in [1.29, 1.82) is 0 Å². The van der Waals surface area contributed by atoms with Crippen LogP contribution < -0.4 is 20.1 Å². The Kier molecular flexibility index (Phi) is 7.04. The number of carbonyl (C=O) groups is 2. The van der Waals surface area contributed by atoms with Crippen molar-refractivity contribution in [2.45, 2.75) is 27.2 Å². The molecule has 0 aromatic heterocycles. The Hall–Kier alpha value is -3.02. The fourth-order valence-corrected chi connectivity index (χ4v) is 2.67. The molecule has 0 aliphatic heterocycles. The highest BCUT2D eigenvalue weighted by atomic mass is 16.5. The minimum Gasteiger partial charge on any atom is -0.497 e. The van der Waals surface area contributed by atoms with Crippen LogP contribution in [0.25, 0.3) is 0 Å². The molecule has 2 aromatic carbocycles. The van der Waals surface area contributed by atoms with E-state index in [1.165, 1.54) is 7.11 Å². The molecule has 0 radical (unpaired) electrons. The van der Waals surface area contributed by atoms with Crippen LogP contribution >= 0.6 is 0 Å². The van der Waals surface area contributed by atoms with E-state index in [1.54, 1.807) is 27.0 Å². The van der Waals surface area contributed by atoms with Crippen molar-refractivity contribution >= 4 is 17.5 Å². The molecule has 0 saturated carbocycles. The maximum absolute atomic E-state index is 12.7. The minimum absolute atomic E-state index is 0.334. The van der Waals surface area contributed by atoms with E-state index in [9.17, 15) is 9.59 Å². The molecule has 0 aliphatic carbocycles. The maximum Gasteiger partial charge on any atom is 0.239 e. The van der Waals surface area contributed by atoms with Gasteiger partial charge in [-0.1, -0.05) is 18.2 Å². The highest BCUT2D eigenvalue weighted by molar-refractivity contribution is 6.10. The number of nitrogens with one attached hydrogen (secondary N) is 2. The normalized spacial score (nSPS) is 10.9. The number of aryl methyl sites for hydroxylation is 1. The van der Waals surface area contributed by atoms with E-state index in [1.807, 2.05) is 43.3 Å². The Morgan fingerprint density at radius 2 is 1.75 bits per heavy atom. The van der Waals surface area contributed by atoms with Crippen molar-refractivity contribution < 1.29 is 19.1 Å². The summed E-state index contributed by atoms with van der Waals surface area (Å²) in [7, 11) is 3.15. The number of benzene rings is 2. The van der Waals surface area contributed by atoms with Crippen molar-refractivity contribution in [3.63, 3.8) is 0 Å². The van der Waals surface area contributed by atoms with E-state index >= 15 is 0 Å². The molecule has 6 nitrogen and oxygen atoms in total. The highest BCUT2D eigenvalue weighted by Crippen LogP contribution is 2.27. The second kappa shape index (κ2) is 9.26. The summed E-state index contributed by atoms with van der Waals surface area (Å²) in [4.78, 5) is 25.3. The van der Waals surface area contributed by atoms with Gasteiger partial charge in [0.1, 0.15) is 16.9 Å². The average Bonchev–Trinajstić information content (AvgIpc) is 2.68. The van der Waals surface area contributed by atoms with E-state index < -0.39 is 11.3 Å². The van der Waals surface area contributed by atoms with Gasteiger partial charge in [-0.15, -0.1) is 0 Å². The number of carbonyl (C=O) groups excluding carboxylic acids is 2. The first-order chi connectivity index (χ1) is 13.3. The zero-order valence-electron chi connectivity index (χ0n) is 17.1. The summed E-state index contributed by atoms with van der Waals surface area (Å²) in [6, 6.07) is 13.2. The Morgan fingerprint density at radius 3 is 2.43 bits per heavy atom. The van der Waals surface area contributed by atoms with E-state index in [-0.39, 0.29) is 5.91 Å². The van der Waals surface area contributed by atoms with Crippen LogP contribution in [-0.4, -0.2) is 32.6 Å². The van der Waals surface area contributed by atoms with Gasteiger partial charge in [0, 0.05) is 6.54 Å². The second-order valence-electron chi connectivity index (χ2n) is 7.14. The fraction of sp³-hybridized carbons (Fsp3) is 0.364. The lowest BCUT2D eigenvalue weighted by Gasteiger charge is -2.23. The van der Waals surface area contributed by atoms with Crippen molar-refractivity contribution in [2.75, 3.05) is 26.1 Å². The molecule has 0 unspecified atom stereocenters. The molecule has 0 saturated heterocycles. The average molecular weight is 384 g/mol. The summed E-state index contributed by atoms with van der Waals surface area (Å²) < 4.78 is 10.5. The smallest absolute Gasteiger partial charge is 0.239 e. The summed E-state index contributed by atoms with van der Waals surface area (Å²) in [6.45, 7) is 5.55. The van der Waals surface area contributed by atoms with Crippen LogP contribution in [0.1, 0.15) is 25.0 Å². The molecule has 150 valence electrons. The number of rotatable bonds is 8. The molecule has 2 aromatic rings. The summed E-state index contributed by atoms with van der Waals surface area (Å²) >= 11 is 0. The van der Waals surface area contributed by atoms with Gasteiger partial charge in [0.15, 0.2) is 0 Å². The van der Waals surface area contributed by atoms with Gasteiger partial charge >= 0.3 is 0 Å². The third-order valence-corrected chi connectivity index (χ3v) is 4.57. The molecular weight excluding hydrogens is 356 g/mol. The Bertz CT molecular complexity index is 846. The second-order valence-corrected chi connectivity index (χ2v) is 7.14. The van der Waals surface area contributed by atoms with Gasteiger partial charge in [-0.2, -0.15) is 0 Å². The number of ether oxygens (including phenoxy) is 2. The zero-order valence-corrected chi connectivity index (χ0v) is 17.1. The molecule has 2 amide bonds. The standard InChI is InChI=1S/C22H28N2O4/c1-15-9-10-19(28-5)18(13-15)24-21(26)22(2,3)20(25)23-12-11-16-7-6-8-17(14-16)27-4/h6-10,13-14H,11-12H2,1-5H3,(H,23,25)(H,24,26). The molecule has 0 spiro atoms. The number of methoxy groups -OCH3 is 2. The molecule has 0 heterocycles. The van der Waals surface area contributed by atoms with Gasteiger partial charge in [0.25, 0.3) is 0 Å². The van der Waals surface area contributed by atoms with Crippen LogP contribution in [0.2, 0.25) is 0 Å². The lowest BCUT2D eigenvalue weighted by molar-refractivity contribution is -0.138. The highest BCUT2D eigenvalue weighted by Gasteiger charge is 2.36. The predicted octanol–water partition coefficient (Wildman–Crippen LogP) is 3.34. The lowest BCUT2D eigenvalue weighted by Crippen LogP contribution is -2.45. The van der Waals surface area contributed by atoms with E-state index in [0.717, 1.165) is 16.9 Å². The zero-order chi connectivity index (χ0) is 20.7. The monoisotopic (exact) mass is 384 g/mol. The number of hydrogen-bond donors (Lipinski definition) is 2. The lowest BCUT2D eigenvalue weighted by atomic mass is 9.90. The predicted molar refractivity (Wildman–Crippen MR) is 110 cm³/mol. The topological polar surface area (TPSA) is 76.7 Å². The Balaban J connectivity index is 1.97. The van der Waals surface area contributed by atoms with Crippen LogP contribution in [-0.2, 0) is 16.0 Å². The summed E-state index contributed by atoms with van der Waals surface area (Å²) in [6.07, 6.45) is 0.645. The minimum atomic E-state index is -1.23. The van der Waals surface area contributed by atoms with Crippen LogP contribution in [0, 0.1) is 12.3 Å². The largest absolute Gasteiger partial charge is 0.497 e. The van der Waals surface area contributed by atoms with Crippen molar-refractivity contribution in [1.82, 2.24) is 5.32 Å². The van der Waals surface area contributed by atoms with Crippen molar-refractivity contribution in [3.05, 3.63) is 53.6 Å². The SMILES string of the molecule is COc1cccc(CCNC(=O)C(C)(C)C(=O)Nc2cc(C)ccc2OC)c1. The summed E-state index contributed by atoms with van der Waals surface area (Å²) in [5.74, 6) is 0.596. The van der Waals surface area contributed by atoms with E-state index in [4.69, 9.17) is 9.47 Å². The first-order valence-electron chi connectivity index (χ1n) is 9.15. The first kappa shape index (κ1) is 21.3. The molecule has 0 aliphatic rings. The van der Waals surface area contributed by atoms with E-state index in [2.05, 4.69) is 10.6 Å². The molecule has 0 bridgehead atoms. The van der Waals surface area contributed by atoms with E-state index in [0.29, 0.717) is 24.4 Å². The Morgan fingerprint density at radius 1 is 1.00 bits per heavy atom. The molecule has 28 heavy (non-hydrogen) atoms. The maximum atomic E-state index is 12.7. The summed E-state index contributed by atoms with van der Waals surface area (Å²) in [5.41, 5.74) is 1.34. The number of hydrogen-bond acceptors (Lipinski definition) is 4. The van der Waals surface area contributed by atoms with Crippen LogP contribution in [0.4, 0.5) is 5.69 Å². The molecular formula is C22H28N2O4. The third kappa shape index (κ3) is 5.25. The number of amides is 2.